The highest BCUT2D eigenvalue weighted by Crippen LogP contribution is 2.33. The number of carboxylic acid groups (broad SMARTS) is 3. The van der Waals surface area contributed by atoms with E-state index in [-0.39, 0.29) is 0 Å². The zero-order chi connectivity index (χ0) is 28.0. The van der Waals surface area contributed by atoms with Gasteiger partial charge >= 0.3 is 17.9 Å². The molecule has 18 heteroatoms. The number of aliphatic hydroxyl groups excluding tert-OH is 7. The van der Waals surface area contributed by atoms with Gasteiger partial charge in [-0.3, -0.25) is 9.59 Å². The number of carbonyl (C=O) groups is 3. The number of aliphatic hydroxyl groups is 9. The fourth-order valence-corrected chi connectivity index (χ4v) is 3.34. The molecule has 0 radical (unpaired) electrons. The lowest BCUT2D eigenvalue weighted by molar-refractivity contribution is -0.318. The van der Waals surface area contributed by atoms with Gasteiger partial charge < -0.3 is 75.5 Å². The highest BCUT2D eigenvalue weighted by molar-refractivity contribution is 5.88. The standard InChI is InChI=1S/C12H22O11.C6H8O7/c13-1-4-6(16)7(17)8(18)11(21-4)22-9-5(2-14)23-12(20,3-15)10(9)19;7-3(8)1-6(13,5(11)12)2-4(9)10/h4-11,13-20H,1-3H2;13H,1-2H2,(H,7,8)(H,9,10)(H,11,12)/t4-,5-,6+,7+,8-,9-,10+,11+,12-;/m1./s1. The van der Waals surface area contributed by atoms with Crippen molar-refractivity contribution in [3.05, 3.63) is 0 Å². The smallest absolute Gasteiger partial charge is 0.336 e. The van der Waals surface area contributed by atoms with Crippen molar-refractivity contribution in [1.29, 1.82) is 0 Å². The summed E-state index contributed by atoms with van der Waals surface area (Å²) in [5, 5.41) is 110. The van der Waals surface area contributed by atoms with Crippen molar-refractivity contribution in [3.63, 3.8) is 0 Å². The van der Waals surface area contributed by atoms with Crippen molar-refractivity contribution < 1.29 is 89.9 Å². The van der Waals surface area contributed by atoms with E-state index in [1.165, 1.54) is 0 Å². The van der Waals surface area contributed by atoms with Gasteiger partial charge in [0.25, 0.3) is 0 Å². The Bertz CT molecular complexity index is 742. The summed E-state index contributed by atoms with van der Waals surface area (Å²) in [7, 11) is 0. The van der Waals surface area contributed by atoms with E-state index >= 15 is 0 Å². The lowest BCUT2D eigenvalue weighted by Gasteiger charge is -2.41. The van der Waals surface area contributed by atoms with E-state index in [1.807, 2.05) is 0 Å². The van der Waals surface area contributed by atoms with Gasteiger partial charge in [-0.15, -0.1) is 0 Å². The molecule has 210 valence electrons. The molecule has 18 nitrogen and oxygen atoms in total. The van der Waals surface area contributed by atoms with Crippen LogP contribution in [0, 0.1) is 0 Å². The van der Waals surface area contributed by atoms with Crippen LogP contribution in [0.1, 0.15) is 12.8 Å². The zero-order valence-electron chi connectivity index (χ0n) is 18.5. The van der Waals surface area contributed by atoms with Crippen molar-refractivity contribution in [3.8, 4) is 0 Å². The lowest BCUT2D eigenvalue weighted by atomic mass is 9.96. The summed E-state index contributed by atoms with van der Waals surface area (Å²) >= 11 is 0. The molecule has 2 aliphatic rings. The fraction of sp³-hybridized carbons (Fsp3) is 0.833. The van der Waals surface area contributed by atoms with Crippen LogP contribution in [0.3, 0.4) is 0 Å². The Morgan fingerprint density at radius 3 is 1.72 bits per heavy atom. The van der Waals surface area contributed by atoms with Crippen molar-refractivity contribution in [1.82, 2.24) is 0 Å². The Kier molecular flexibility index (Phi) is 11.5. The molecule has 12 N–H and O–H groups in total. The molecule has 9 atom stereocenters. The highest BCUT2D eigenvalue weighted by atomic mass is 16.7. The summed E-state index contributed by atoms with van der Waals surface area (Å²) < 4.78 is 15.3. The number of aliphatic carboxylic acids is 3. The van der Waals surface area contributed by atoms with Gasteiger partial charge in [0.2, 0.25) is 5.79 Å². The monoisotopic (exact) mass is 534 g/mol. The van der Waals surface area contributed by atoms with Gasteiger partial charge in [0.15, 0.2) is 11.9 Å². The average Bonchev–Trinajstić information content (AvgIpc) is 3.03. The Labute approximate surface area is 201 Å². The largest absolute Gasteiger partial charge is 0.481 e. The second-order valence-corrected chi connectivity index (χ2v) is 8.06. The predicted octanol–water partition coefficient (Wildman–Crippen LogP) is -6.64. The van der Waals surface area contributed by atoms with E-state index in [4.69, 9.17) is 44.8 Å². The molecule has 0 unspecified atom stereocenters. The Balaban J connectivity index is 0.000000426. The van der Waals surface area contributed by atoms with Crippen LogP contribution in [0.15, 0.2) is 0 Å². The van der Waals surface area contributed by atoms with E-state index in [0.29, 0.717) is 0 Å². The van der Waals surface area contributed by atoms with Gasteiger partial charge in [0.05, 0.1) is 32.7 Å². The zero-order valence-corrected chi connectivity index (χ0v) is 18.5. The summed E-state index contributed by atoms with van der Waals surface area (Å²) in [6, 6.07) is 0. The molecular weight excluding hydrogens is 504 g/mol. The first-order valence-corrected chi connectivity index (χ1v) is 10.2. The third kappa shape index (κ3) is 7.47. The molecule has 0 saturated carbocycles. The Hall–Kier alpha value is -2.07. The normalized spacial score (nSPS) is 36.6. The number of rotatable bonds is 10. The second kappa shape index (κ2) is 12.9. The molecular formula is C18H30O18. The van der Waals surface area contributed by atoms with Crippen LogP contribution in [0.25, 0.3) is 0 Å². The Morgan fingerprint density at radius 2 is 1.33 bits per heavy atom. The van der Waals surface area contributed by atoms with Crippen molar-refractivity contribution in [2.75, 3.05) is 19.8 Å². The first-order chi connectivity index (χ1) is 16.6. The fourth-order valence-electron chi connectivity index (χ4n) is 3.34. The quantitative estimate of drug-likeness (QED) is 0.124. The molecule has 2 fully saturated rings. The molecule has 2 saturated heterocycles. The summed E-state index contributed by atoms with van der Waals surface area (Å²) in [4.78, 5) is 30.5. The summed E-state index contributed by atoms with van der Waals surface area (Å²) in [5.41, 5.74) is -2.74. The van der Waals surface area contributed by atoms with Crippen LogP contribution in [-0.4, -0.2) is 159 Å². The summed E-state index contributed by atoms with van der Waals surface area (Å²) in [5.74, 6) is -7.39. The minimum atomic E-state index is -2.74. The van der Waals surface area contributed by atoms with E-state index in [1.54, 1.807) is 0 Å². The van der Waals surface area contributed by atoms with Crippen LogP contribution >= 0.6 is 0 Å². The second-order valence-electron chi connectivity index (χ2n) is 8.06. The molecule has 2 aliphatic heterocycles. The number of carboxylic acids is 3. The van der Waals surface area contributed by atoms with Crippen LogP contribution < -0.4 is 0 Å². The van der Waals surface area contributed by atoms with Crippen LogP contribution in [0.2, 0.25) is 0 Å². The topological polar surface area (TPSA) is 322 Å². The van der Waals surface area contributed by atoms with Gasteiger partial charge in [-0.1, -0.05) is 0 Å². The number of hydrogen-bond donors (Lipinski definition) is 12. The van der Waals surface area contributed by atoms with Gasteiger partial charge in [-0.25, -0.2) is 4.79 Å². The first-order valence-electron chi connectivity index (χ1n) is 10.2. The van der Waals surface area contributed by atoms with E-state index in [0.717, 1.165) is 0 Å². The first kappa shape index (κ1) is 32.0. The van der Waals surface area contributed by atoms with E-state index in [2.05, 4.69) is 0 Å². The third-order valence-electron chi connectivity index (χ3n) is 5.33. The van der Waals surface area contributed by atoms with Crippen LogP contribution in [0.5, 0.6) is 0 Å². The highest BCUT2D eigenvalue weighted by Gasteiger charge is 2.56. The van der Waals surface area contributed by atoms with Crippen LogP contribution in [0.4, 0.5) is 0 Å². The van der Waals surface area contributed by atoms with Crippen molar-refractivity contribution in [2.45, 2.75) is 73.2 Å². The predicted molar refractivity (Wildman–Crippen MR) is 106 cm³/mol. The Morgan fingerprint density at radius 1 is 0.833 bits per heavy atom. The maximum atomic E-state index is 10.3. The molecule has 2 rings (SSSR count). The maximum Gasteiger partial charge on any atom is 0.336 e. The van der Waals surface area contributed by atoms with Crippen molar-refractivity contribution >= 4 is 17.9 Å². The van der Waals surface area contributed by atoms with E-state index < -0.39 is 111 Å². The van der Waals surface area contributed by atoms with Gasteiger partial charge in [-0.2, -0.15) is 0 Å². The number of hydrogen-bond acceptors (Lipinski definition) is 15. The van der Waals surface area contributed by atoms with Crippen LogP contribution in [-0.2, 0) is 28.6 Å². The molecule has 0 aromatic carbocycles. The average molecular weight is 534 g/mol. The van der Waals surface area contributed by atoms with Gasteiger partial charge in [0.1, 0.15) is 42.7 Å². The number of ether oxygens (including phenoxy) is 3. The lowest BCUT2D eigenvalue weighted by Crippen LogP contribution is -2.60. The summed E-state index contributed by atoms with van der Waals surface area (Å²) in [6.45, 7) is -2.32. The molecule has 0 aromatic rings. The molecule has 0 bridgehead atoms. The minimum absolute atomic E-state index is 0.668. The van der Waals surface area contributed by atoms with Crippen molar-refractivity contribution in [2.24, 2.45) is 0 Å². The molecule has 36 heavy (non-hydrogen) atoms. The molecule has 0 aromatic heterocycles. The van der Waals surface area contributed by atoms with Gasteiger partial charge in [-0.05, 0) is 0 Å². The molecule has 0 amide bonds. The third-order valence-corrected chi connectivity index (χ3v) is 5.33. The minimum Gasteiger partial charge on any atom is -0.481 e. The molecule has 0 aliphatic carbocycles. The van der Waals surface area contributed by atoms with E-state index in [9.17, 15) is 45.0 Å². The summed E-state index contributed by atoms with van der Waals surface area (Å²) in [6.07, 6.45) is -14.5. The molecule has 2 heterocycles. The molecule has 0 spiro atoms. The van der Waals surface area contributed by atoms with Gasteiger partial charge in [0, 0.05) is 0 Å². The maximum absolute atomic E-state index is 10.3. The SMILES string of the molecule is O=C(O)CC(O)(CC(=O)O)C(=O)O.OC[C@H]1O[C@@H](O[C@@H]2[C@@H](CO)O[C@](O)(CO)[C@H]2O)[C@H](O)[C@@H](O)[C@H]1O.